The first-order valence-electron chi connectivity index (χ1n) is 7.77. The van der Waals surface area contributed by atoms with E-state index in [1.807, 2.05) is 6.92 Å². The molecule has 0 bridgehead atoms. The van der Waals surface area contributed by atoms with Gasteiger partial charge in [0.15, 0.2) is 5.82 Å². The predicted molar refractivity (Wildman–Crippen MR) is 88.5 cm³/mol. The molecule has 0 unspecified atom stereocenters. The van der Waals surface area contributed by atoms with Gasteiger partial charge in [-0.15, -0.1) is 11.8 Å². The number of hydrogen-bond acceptors (Lipinski definition) is 5. The molecule has 1 amide bonds. The Morgan fingerprint density at radius 2 is 2.08 bits per heavy atom. The zero-order valence-corrected chi connectivity index (χ0v) is 14.4. The Morgan fingerprint density at radius 3 is 2.76 bits per heavy atom. The van der Waals surface area contributed by atoms with Gasteiger partial charge in [0.1, 0.15) is 0 Å². The molecule has 0 fully saturated rings. The van der Waals surface area contributed by atoms with Crippen LogP contribution in [0.2, 0.25) is 0 Å². The van der Waals surface area contributed by atoms with Gasteiger partial charge in [-0.1, -0.05) is 24.2 Å². The van der Waals surface area contributed by atoms with Crippen molar-refractivity contribution in [3.8, 4) is 0 Å². The van der Waals surface area contributed by atoms with Gasteiger partial charge in [0.2, 0.25) is 11.8 Å². The number of carbonyl (C=O) groups is 1. The molecule has 1 heterocycles. The summed E-state index contributed by atoms with van der Waals surface area (Å²) in [7, 11) is 0. The summed E-state index contributed by atoms with van der Waals surface area (Å²) in [5.41, 5.74) is 0.382. The summed E-state index contributed by atoms with van der Waals surface area (Å²) in [5.74, 6) is -0.173. The van der Waals surface area contributed by atoms with E-state index in [4.69, 9.17) is 4.52 Å². The summed E-state index contributed by atoms with van der Waals surface area (Å²) in [6, 6.07) is 6.44. The second kappa shape index (κ2) is 8.89. The van der Waals surface area contributed by atoms with E-state index in [1.165, 1.54) is 0 Å². The number of amides is 1. The highest BCUT2D eigenvalue weighted by Gasteiger charge is 2.27. The number of alkyl halides is 3. The number of aryl methyl sites for hydroxylation is 2. The maximum absolute atomic E-state index is 12.4. The molecule has 0 spiro atoms. The van der Waals surface area contributed by atoms with E-state index in [1.54, 1.807) is 24.3 Å². The van der Waals surface area contributed by atoms with E-state index in [-0.39, 0.29) is 12.3 Å². The summed E-state index contributed by atoms with van der Waals surface area (Å²) in [5, 5.41) is 6.43. The second-order valence-corrected chi connectivity index (χ2v) is 6.28. The van der Waals surface area contributed by atoms with Crippen LogP contribution < -0.4 is 5.32 Å². The van der Waals surface area contributed by atoms with Gasteiger partial charge in [0.05, 0.1) is 11.4 Å². The molecule has 1 N–H and O–H groups in total. The number of para-hydroxylation sites is 1. The van der Waals surface area contributed by atoms with E-state index in [2.05, 4.69) is 15.5 Å². The first kappa shape index (κ1) is 19.3. The molecule has 0 aliphatic carbocycles. The van der Waals surface area contributed by atoms with Crippen LogP contribution in [0.15, 0.2) is 33.7 Å². The number of anilines is 1. The maximum atomic E-state index is 12.4. The fourth-order valence-corrected chi connectivity index (χ4v) is 2.77. The molecular formula is C16H18F3N3O2S. The van der Waals surface area contributed by atoms with E-state index in [0.29, 0.717) is 53.3 Å². The van der Waals surface area contributed by atoms with E-state index < -0.39 is 11.9 Å². The number of nitrogens with one attached hydrogen (secondary N) is 1. The summed E-state index contributed by atoms with van der Waals surface area (Å²) in [6.07, 6.45) is -2.39. The highest BCUT2D eigenvalue weighted by molar-refractivity contribution is 7.99. The minimum atomic E-state index is -4.26. The second-order valence-electron chi connectivity index (χ2n) is 5.26. The average molecular weight is 373 g/mol. The molecule has 5 nitrogen and oxygen atoms in total. The van der Waals surface area contributed by atoms with Crippen LogP contribution in [0.4, 0.5) is 18.9 Å². The number of thioether (sulfide) groups is 1. The third kappa shape index (κ3) is 6.77. The molecule has 0 radical (unpaired) electrons. The van der Waals surface area contributed by atoms with Crippen LogP contribution in [0.25, 0.3) is 0 Å². The van der Waals surface area contributed by atoms with Crippen molar-refractivity contribution in [2.45, 2.75) is 43.7 Å². The van der Waals surface area contributed by atoms with Crippen LogP contribution in [0.3, 0.4) is 0 Å². The number of hydrogen-bond donors (Lipinski definition) is 1. The summed E-state index contributed by atoms with van der Waals surface area (Å²) in [4.78, 5) is 16.5. The molecule has 25 heavy (non-hydrogen) atoms. The zero-order chi connectivity index (χ0) is 18.3. The van der Waals surface area contributed by atoms with Crippen LogP contribution >= 0.6 is 11.8 Å². The van der Waals surface area contributed by atoms with Crippen molar-refractivity contribution in [1.82, 2.24) is 10.1 Å². The minimum Gasteiger partial charge on any atom is -0.339 e. The molecule has 0 atom stereocenters. The van der Waals surface area contributed by atoms with Gasteiger partial charge >= 0.3 is 6.18 Å². The number of carbonyl (C=O) groups excluding carboxylic acids is 1. The Hall–Kier alpha value is -2.03. The largest absolute Gasteiger partial charge is 0.398 e. The smallest absolute Gasteiger partial charge is 0.339 e. The molecule has 2 rings (SSSR count). The molecule has 1 aromatic carbocycles. The van der Waals surface area contributed by atoms with Crippen molar-refractivity contribution in [3.63, 3.8) is 0 Å². The molecule has 2 aromatic rings. The van der Waals surface area contributed by atoms with Crippen LogP contribution in [-0.2, 0) is 17.6 Å². The standard InChI is InChI=1S/C16H18F3N3O2S/c1-2-13-21-15(24-22-13)9-5-8-14(23)20-11-6-3-4-7-12(11)25-10-16(17,18)19/h3-4,6-7H,2,5,8-10H2,1H3,(H,20,23). The topological polar surface area (TPSA) is 68.0 Å². The Kier molecular flexibility index (Phi) is 6.86. The molecular weight excluding hydrogens is 355 g/mol. The lowest BCUT2D eigenvalue weighted by atomic mass is 10.2. The highest BCUT2D eigenvalue weighted by atomic mass is 32.2. The van der Waals surface area contributed by atoms with Crippen LogP contribution in [0, 0.1) is 0 Å². The van der Waals surface area contributed by atoms with Crippen LogP contribution in [-0.4, -0.2) is 28.0 Å². The molecule has 136 valence electrons. The molecule has 0 aliphatic rings. The van der Waals surface area contributed by atoms with E-state index >= 15 is 0 Å². The number of aromatic nitrogens is 2. The van der Waals surface area contributed by atoms with E-state index in [0.717, 1.165) is 0 Å². The Balaban J connectivity index is 1.83. The van der Waals surface area contributed by atoms with Crippen molar-refractivity contribution in [2.75, 3.05) is 11.1 Å². The Labute approximate surface area is 147 Å². The van der Waals surface area contributed by atoms with Gasteiger partial charge in [0, 0.05) is 24.2 Å². The number of halogens is 3. The van der Waals surface area contributed by atoms with Crippen LogP contribution in [0.1, 0.15) is 31.5 Å². The molecule has 9 heteroatoms. The number of rotatable bonds is 8. The fraction of sp³-hybridized carbons (Fsp3) is 0.438. The normalized spacial score (nSPS) is 11.5. The van der Waals surface area contributed by atoms with Crippen molar-refractivity contribution < 1.29 is 22.5 Å². The third-order valence-corrected chi connectivity index (χ3v) is 4.31. The summed E-state index contributed by atoms with van der Waals surface area (Å²) in [6.45, 7) is 1.91. The van der Waals surface area contributed by atoms with Gasteiger partial charge in [-0.3, -0.25) is 4.79 Å². The van der Waals surface area contributed by atoms with Crippen molar-refractivity contribution in [1.29, 1.82) is 0 Å². The lowest BCUT2D eigenvalue weighted by molar-refractivity contribution is -0.116. The maximum Gasteiger partial charge on any atom is 0.398 e. The molecule has 0 saturated carbocycles. The first-order chi connectivity index (χ1) is 11.9. The Morgan fingerprint density at radius 1 is 1.32 bits per heavy atom. The van der Waals surface area contributed by atoms with Gasteiger partial charge < -0.3 is 9.84 Å². The van der Waals surface area contributed by atoms with Gasteiger partial charge in [-0.05, 0) is 18.6 Å². The quantitative estimate of drug-likeness (QED) is 0.701. The number of nitrogens with zero attached hydrogens (tertiary/aromatic N) is 2. The monoisotopic (exact) mass is 373 g/mol. The summed E-state index contributed by atoms with van der Waals surface area (Å²) < 4.78 is 42.1. The van der Waals surface area contributed by atoms with Crippen molar-refractivity contribution in [2.24, 2.45) is 0 Å². The zero-order valence-electron chi connectivity index (χ0n) is 13.6. The van der Waals surface area contributed by atoms with Gasteiger partial charge in [0.25, 0.3) is 0 Å². The summed E-state index contributed by atoms with van der Waals surface area (Å²) >= 11 is 0.649. The average Bonchev–Trinajstić information content (AvgIpc) is 3.01. The van der Waals surface area contributed by atoms with Crippen molar-refractivity contribution >= 4 is 23.4 Å². The molecule has 1 aromatic heterocycles. The predicted octanol–water partition coefficient (Wildman–Crippen LogP) is 4.25. The van der Waals surface area contributed by atoms with Gasteiger partial charge in [-0.25, -0.2) is 0 Å². The first-order valence-corrected chi connectivity index (χ1v) is 8.76. The number of benzene rings is 1. The fourth-order valence-electron chi connectivity index (χ4n) is 2.00. The van der Waals surface area contributed by atoms with Crippen molar-refractivity contribution in [3.05, 3.63) is 36.0 Å². The third-order valence-electron chi connectivity index (χ3n) is 3.17. The minimum absolute atomic E-state index is 0.210. The molecule has 0 aliphatic heterocycles. The highest BCUT2D eigenvalue weighted by Crippen LogP contribution is 2.32. The lowest BCUT2D eigenvalue weighted by Crippen LogP contribution is -2.13. The van der Waals surface area contributed by atoms with Gasteiger partial charge in [-0.2, -0.15) is 18.2 Å². The SMILES string of the molecule is CCc1noc(CCCC(=O)Nc2ccccc2SCC(F)(F)F)n1. The lowest BCUT2D eigenvalue weighted by Gasteiger charge is -2.11. The Bertz CT molecular complexity index is 704. The molecule has 0 saturated heterocycles. The van der Waals surface area contributed by atoms with Crippen LogP contribution in [0.5, 0.6) is 0 Å². The van der Waals surface area contributed by atoms with E-state index in [9.17, 15) is 18.0 Å².